The first-order valence-electron chi connectivity index (χ1n) is 6.83. The molecule has 122 valence electrons. The largest absolute Gasteiger partial charge is 0.481 e. The molecule has 1 aromatic heterocycles. The summed E-state index contributed by atoms with van der Waals surface area (Å²) >= 11 is 4.59. The highest BCUT2D eigenvalue weighted by atomic mass is 79.9. The molecule has 6 nitrogen and oxygen atoms in total. The fourth-order valence-electron chi connectivity index (χ4n) is 1.73. The van der Waals surface area contributed by atoms with Gasteiger partial charge in [-0.15, -0.1) is 11.3 Å². The van der Waals surface area contributed by atoms with E-state index in [1.165, 1.54) is 16.7 Å². The van der Waals surface area contributed by atoms with Crippen LogP contribution in [-0.4, -0.2) is 34.6 Å². The third-order valence-corrected chi connectivity index (χ3v) is 4.34. The van der Waals surface area contributed by atoms with Crippen LogP contribution in [0.2, 0.25) is 0 Å². The smallest absolute Gasteiger partial charge is 0.355 e. The zero-order valence-corrected chi connectivity index (χ0v) is 14.7. The van der Waals surface area contributed by atoms with E-state index in [2.05, 4.69) is 26.2 Å². The first-order valence-corrected chi connectivity index (χ1v) is 8.50. The molecule has 1 aromatic carbocycles. The van der Waals surface area contributed by atoms with Crippen LogP contribution in [0.4, 0.5) is 0 Å². The molecule has 0 fully saturated rings. The van der Waals surface area contributed by atoms with Gasteiger partial charge in [-0.1, -0.05) is 15.9 Å². The summed E-state index contributed by atoms with van der Waals surface area (Å²) in [6.45, 7) is 2.04. The second kappa shape index (κ2) is 8.07. The number of carbonyl (C=O) groups excluding carboxylic acids is 1. The van der Waals surface area contributed by atoms with Gasteiger partial charge in [0, 0.05) is 22.8 Å². The Morgan fingerprint density at radius 1 is 1.39 bits per heavy atom. The van der Waals surface area contributed by atoms with Crippen LogP contribution in [0.3, 0.4) is 0 Å². The van der Waals surface area contributed by atoms with E-state index >= 15 is 0 Å². The third kappa shape index (κ3) is 5.33. The van der Waals surface area contributed by atoms with E-state index in [0.717, 1.165) is 4.47 Å². The predicted molar refractivity (Wildman–Crippen MR) is 90.0 cm³/mol. The molecule has 1 atom stereocenters. The van der Waals surface area contributed by atoms with Crippen molar-refractivity contribution in [2.45, 2.75) is 19.4 Å². The number of nitrogens with zero attached hydrogens (tertiary/aromatic N) is 1. The van der Waals surface area contributed by atoms with Crippen LogP contribution in [0, 0.1) is 0 Å². The van der Waals surface area contributed by atoms with Gasteiger partial charge in [-0.25, -0.2) is 9.78 Å². The Bertz CT molecular complexity index is 687. The van der Waals surface area contributed by atoms with Crippen LogP contribution < -0.4 is 10.1 Å². The van der Waals surface area contributed by atoms with Crippen molar-refractivity contribution in [2.24, 2.45) is 0 Å². The van der Waals surface area contributed by atoms with Gasteiger partial charge in [0.2, 0.25) is 0 Å². The topological polar surface area (TPSA) is 88.5 Å². The van der Waals surface area contributed by atoms with Gasteiger partial charge >= 0.3 is 5.97 Å². The van der Waals surface area contributed by atoms with Crippen molar-refractivity contribution in [1.82, 2.24) is 10.3 Å². The van der Waals surface area contributed by atoms with E-state index < -0.39 is 12.1 Å². The molecule has 0 bridgehead atoms. The lowest BCUT2D eigenvalue weighted by Gasteiger charge is -2.14. The van der Waals surface area contributed by atoms with Gasteiger partial charge in [-0.3, -0.25) is 4.79 Å². The van der Waals surface area contributed by atoms with Crippen molar-refractivity contribution in [3.8, 4) is 5.75 Å². The van der Waals surface area contributed by atoms with Crippen molar-refractivity contribution in [2.75, 3.05) is 6.54 Å². The zero-order valence-electron chi connectivity index (χ0n) is 12.3. The molecule has 0 aliphatic carbocycles. The molecular weight excluding hydrogens is 384 g/mol. The molecule has 0 saturated heterocycles. The highest BCUT2D eigenvalue weighted by Gasteiger charge is 2.14. The van der Waals surface area contributed by atoms with Gasteiger partial charge in [-0.2, -0.15) is 0 Å². The maximum atomic E-state index is 12.0. The maximum Gasteiger partial charge on any atom is 0.355 e. The molecule has 2 rings (SSSR count). The number of amides is 1. The van der Waals surface area contributed by atoms with Gasteiger partial charge < -0.3 is 15.2 Å². The minimum atomic E-state index is -1.05. The van der Waals surface area contributed by atoms with Gasteiger partial charge in [0.05, 0.1) is 5.01 Å². The standard InChI is InChI=1S/C15H15BrN2O4S/c1-9(22-11-4-2-10(16)3-5-11)14(19)17-7-6-13-18-12(8-23-13)15(20)21/h2-5,8-9H,6-7H2,1H3,(H,17,19)(H,20,21). The number of ether oxygens (including phenoxy) is 1. The summed E-state index contributed by atoms with van der Waals surface area (Å²) in [6, 6.07) is 7.22. The molecule has 1 heterocycles. The average Bonchev–Trinajstić information content (AvgIpc) is 2.98. The van der Waals surface area contributed by atoms with E-state index in [-0.39, 0.29) is 11.6 Å². The fourth-order valence-corrected chi connectivity index (χ4v) is 2.77. The molecule has 1 amide bonds. The summed E-state index contributed by atoms with van der Waals surface area (Å²) in [7, 11) is 0. The van der Waals surface area contributed by atoms with Crippen LogP contribution in [0.25, 0.3) is 0 Å². The summed E-state index contributed by atoms with van der Waals surface area (Å²) in [6.07, 6.45) is -0.142. The van der Waals surface area contributed by atoms with Crippen LogP contribution >= 0.6 is 27.3 Å². The lowest BCUT2D eigenvalue weighted by atomic mass is 10.3. The number of carbonyl (C=O) groups is 2. The number of hydrogen-bond donors (Lipinski definition) is 2. The normalized spacial score (nSPS) is 11.7. The third-order valence-electron chi connectivity index (χ3n) is 2.90. The van der Waals surface area contributed by atoms with Crippen molar-refractivity contribution >= 4 is 39.1 Å². The summed E-state index contributed by atoms with van der Waals surface area (Å²) in [4.78, 5) is 26.7. The molecule has 23 heavy (non-hydrogen) atoms. The molecule has 0 spiro atoms. The van der Waals surface area contributed by atoms with Crippen molar-refractivity contribution < 1.29 is 19.4 Å². The number of halogens is 1. The highest BCUT2D eigenvalue weighted by Crippen LogP contribution is 2.17. The Labute approximate surface area is 145 Å². The fraction of sp³-hybridized carbons (Fsp3) is 0.267. The number of carboxylic acid groups (broad SMARTS) is 1. The second-order valence-corrected chi connectivity index (χ2v) is 6.54. The molecule has 0 radical (unpaired) electrons. The Balaban J connectivity index is 1.77. The number of nitrogens with one attached hydrogen (secondary N) is 1. The maximum absolute atomic E-state index is 12.0. The molecule has 1 unspecified atom stereocenters. The Morgan fingerprint density at radius 3 is 2.70 bits per heavy atom. The van der Waals surface area contributed by atoms with Gasteiger partial charge in [0.1, 0.15) is 5.75 Å². The van der Waals surface area contributed by atoms with Crippen LogP contribution in [-0.2, 0) is 11.2 Å². The van der Waals surface area contributed by atoms with Crippen molar-refractivity contribution in [3.05, 3.63) is 44.8 Å². The molecular formula is C15H15BrN2O4S. The summed E-state index contributed by atoms with van der Waals surface area (Å²) < 4.78 is 6.48. The minimum absolute atomic E-state index is 0.0308. The Hall–Kier alpha value is -1.93. The number of rotatable bonds is 7. The molecule has 0 saturated carbocycles. The number of carboxylic acids is 1. The van der Waals surface area contributed by atoms with Crippen molar-refractivity contribution in [1.29, 1.82) is 0 Å². The summed E-state index contributed by atoms with van der Waals surface area (Å²) in [5.74, 6) is -0.669. The predicted octanol–water partition coefficient (Wildman–Crippen LogP) is 2.73. The molecule has 0 aliphatic rings. The first-order chi connectivity index (χ1) is 11.0. The summed E-state index contributed by atoms with van der Waals surface area (Å²) in [5, 5.41) is 13.7. The van der Waals surface area contributed by atoms with E-state index in [4.69, 9.17) is 9.84 Å². The zero-order chi connectivity index (χ0) is 16.8. The Kier molecular flexibility index (Phi) is 6.12. The molecule has 0 aliphatic heterocycles. The number of aromatic nitrogens is 1. The van der Waals surface area contributed by atoms with Crippen LogP contribution in [0.5, 0.6) is 5.75 Å². The van der Waals surface area contributed by atoms with E-state index in [1.54, 1.807) is 19.1 Å². The van der Waals surface area contributed by atoms with Gasteiger partial charge in [0.25, 0.3) is 5.91 Å². The number of benzene rings is 1. The van der Waals surface area contributed by atoms with Gasteiger partial charge in [0.15, 0.2) is 11.8 Å². The number of thiazole rings is 1. The number of hydrogen-bond acceptors (Lipinski definition) is 5. The first kappa shape index (κ1) is 17.4. The second-order valence-electron chi connectivity index (χ2n) is 4.69. The van der Waals surface area contributed by atoms with Crippen LogP contribution in [0.15, 0.2) is 34.1 Å². The quantitative estimate of drug-likeness (QED) is 0.748. The molecule has 8 heteroatoms. The van der Waals surface area contributed by atoms with E-state index in [1.807, 2.05) is 12.1 Å². The lowest BCUT2D eigenvalue weighted by molar-refractivity contribution is -0.127. The molecule has 2 N–H and O–H groups in total. The molecule has 2 aromatic rings. The highest BCUT2D eigenvalue weighted by molar-refractivity contribution is 9.10. The van der Waals surface area contributed by atoms with Gasteiger partial charge in [-0.05, 0) is 31.2 Å². The van der Waals surface area contributed by atoms with Crippen LogP contribution in [0.1, 0.15) is 22.4 Å². The van der Waals surface area contributed by atoms with E-state index in [0.29, 0.717) is 23.7 Å². The monoisotopic (exact) mass is 398 g/mol. The SMILES string of the molecule is CC(Oc1ccc(Br)cc1)C(=O)NCCc1nc(C(=O)O)cs1. The number of aromatic carboxylic acids is 1. The lowest BCUT2D eigenvalue weighted by Crippen LogP contribution is -2.37. The Morgan fingerprint density at radius 2 is 2.09 bits per heavy atom. The van der Waals surface area contributed by atoms with E-state index in [9.17, 15) is 9.59 Å². The van der Waals surface area contributed by atoms with Crippen molar-refractivity contribution in [3.63, 3.8) is 0 Å². The average molecular weight is 399 g/mol. The minimum Gasteiger partial charge on any atom is -0.481 e. The summed E-state index contributed by atoms with van der Waals surface area (Å²) in [5.41, 5.74) is 0.0308.